The van der Waals surface area contributed by atoms with Crippen LogP contribution in [0.4, 0.5) is 0 Å². The minimum Gasteiger partial charge on any atom is -0.341 e. The quantitative estimate of drug-likeness (QED) is 0.536. The zero-order valence-corrected chi connectivity index (χ0v) is 17.1. The first kappa shape index (κ1) is 18.6. The maximum absolute atomic E-state index is 5.57. The summed E-state index contributed by atoms with van der Waals surface area (Å²) in [5, 5.41) is 0. The van der Waals surface area contributed by atoms with Gasteiger partial charge in [-0.15, -0.1) is 6.42 Å². The van der Waals surface area contributed by atoms with E-state index in [2.05, 4.69) is 67.7 Å². The zero-order valence-electron chi connectivity index (χ0n) is 17.1. The summed E-state index contributed by atoms with van der Waals surface area (Å²) < 4.78 is 0. The molecule has 0 radical (unpaired) electrons. The Hall–Kier alpha value is -2.72. The van der Waals surface area contributed by atoms with Crippen molar-refractivity contribution in [1.29, 1.82) is 0 Å². The molecule has 3 aliphatic rings. The predicted molar refractivity (Wildman–Crippen MR) is 120 cm³/mol. The highest BCUT2D eigenvalue weighted by molar-refractivity contribution is 5.74. The number of terminal acetylenes is 1. The van der Waals surface area contributed by atoms with Gasteiger partial charge in [0.25, 0.3) is 0 Å². The monoisotopic (exact) mass is 367 g/mol. The van der Waals surface area contributed by atoms with Crippen molar-refractivity contribution < 1.29 is 0 Å². The van der Waals surface area contributed by atoms with Gasteiger partial charge in [-0.3, -0.25) is 0 Å². The fraction of sp³-hybridized carbons (Fsp3) is 0.333. The van der Waals surface area contributed by atoms with E-state index in [0.29, 0.717) is 0 Å². The van der Waals surface area contributed by atoms with Crippen molar-refractivity contribution >= 4 is 5.57 Å². The van der Waals surface area contributed by atoms with Gasteiger partial charge < -0.3 is 4.90 Å². The fourth-order valence-electron chi connectivity index (χ4n) is 4.62. The van der Waals surface area contributed by atoms with Crippen molar-refractivity contribution in [2.45, 2.75) is 52.4 Å². The Labute approximate surface area is 169 Å². The zero-order chi connectivity index (χ0) is 19.7. The molecular formula is C27H29N. The molecule has 0 bridgehead atoms. The van der Waals surface area contributed by atoms with E-state index in [1.54, 1.807) is 0 Å². The number of nitrogens with zero attached hydrogens (tertiary/aromatic N) is 1. The lowest BCUT2D eigenvalue weighted by molar-refractivity contribution is 0.440. The van der Waals surface area contributed by atoms with Crippen LogP contribution in [0.5, 0.6) is 0 Å². The van der Waals surface area contributed by atoms with Gasteiger partial charge in [-0.2, -0.15) is 0 Å². The van der Waals surface area contributed by atoms with Crippen LogP contribution >= 0.6 is 0 Å². The SMILES string of the molecule is C#Cc1ccc(C2=CC(CN3C(=C)C4=C(C=C3CC)CCCC4)=CC2)cc1C. The molecule has 0 fully saturated rings. The molecule has 0 saturated carbocycles. The van der Waals surface area contributed by atoms with Gasteiger partial charge in [0.2, 0.25) is 0 Å². The van der Waals surface area contributed by atoms with Gasteiger partial charge in [0, 0.05) is 23.5 Å². The highest BCUT2D eigenvalue weighted by Gasteiger charge is 2.25. The first-order valence-electron chi connectivity index (χ1n) is 10.5. The van der Waals surface area contributed by atoms with Crippen LogP contribution in [-0.2, 0) is 0 Å². The first-order valence-corrected chi connectivity index (χ1v) is 10.5. The van der Waals surface area contributed by atoms with E-state index >= 15 is 0 Å². The van der Waals surface area contributed by atoms with Gasteiger partial charge in [-0.25, -0.2) is 0 Å². The third-order valence-corrected chi connectivity index (χ3v) is 6.27. The largest absolute Gasteiger partial charge is 0.341 e. The molecule has 1 heteroatoms. The van der Waals surface area contributed by atoms with Gasteiger partial charge in [-0.05, 0) is 91.0 Å². The van der Waals surface area contributed by atoms with E-state index in [1.807, 2.05) is 0 Å². The van der Waals surface area contributed by atoms with Crippen molar-refractivity contribution in [2.75, 3.05) is 6.54 Å². The van der Waals surface area contributed by atoms with Gasteiger partial charge in [0.1, 0.15) is 0 Å². The normalized spacial score (nSPS) is 19.1. The third kappa shape index (κ3) is 3.40. The molecule has 1 heterocycles. The van der Waals surface area contributed by atoms with Gasteiger partial charge in [0.05, 0.1) is 0 Å². The highest BCUT2D eigenvalue weighted by atomic mass is 15.2. The van der Waals surface area contributed by atoms with Crippen LogP contribution in [0.1, 0.15) is 62.1 Å². The van der Waals surface area contributed by atoms with Crippen LogP contribution in [0.2, 0.25) is 0 Å². The Morgan fingerprint density at radius 1 is 1.18 bits per heavy atom. The minimum atomic E-state index is 0.917. The van der Waals surface area contributed by atoms with Crippen molar-refractivity contribution in [1.82, 2.24) is 4.90 Å². The number of hydrogen-bond acceptors (Lipinski definition) is 1. The van der Waals surface area contributed by atoms with Crippen LogP contribution in [0, 0.1) is 19.3 Å². The molecule has 1 aliphatic heterocycles. The molecule has 0 N–H and O–H groups in total. The van der Waals surface area contributed by atoms with Crippen LogP contribution in [-0.4, -0.2) is 11.4 Å². The molecular weight excluding hydrogens is 338 g/mol. The summed E-state index contributed by atoms with van der Waals surface area (Å²) in [6.07, 6.45) is 19.8. The molecule has 0 aromatic heterocycles. The maximum Gasteiger partial charge on any atom is 0.0475 e. The van der Waals surface area contributed by atoms with E-state index in [9.17, 15) is 0 Å². The first-order chi connectivity index (χ1) is 13.6. The second kappa shape index (κ2) is 7.72. The molecule has 0 spiro atoms. The molecule has 0 unspecified atom stereocenters. The Kier molecular flexibility index (Phi) is 5.14. The smallest absolute Gasteiger partial charge is 0.0475 e. The highest BCUT2D eigenvalue weighted by Crippen LogP contribution is 2.39. The number of hydrogen-bond donors (Lipinski definition) is 0. The fourth-order valence-corrected chi connectivity index (χ4v) is 4.62. The van der Waals surface area contributed by atoms with Gasteiger partial charge >= 0.3 is 0 Å². The summed E-state index contributed by atoms with van der Waals surface area (Å²) in [6, 6.07) is 6.43. The van der Waals surface area contributed by atoms with E-state index < -0.39 is 0 Å². The average molecular weight is 368 g/mol. The van der Waals surface area contributed by atoms with E-state index in [0.717, 1.165) is 24.9 Å². The number of rotatable bonds is 4. The number of aryl methyl sites for hydroxylation is 1. The van der Waals surface area contributed by atoms with Crippen LogP contribution in [0.25, 0.3) is 5.57 Å². The van der Waals surface area contributed by atoms with E-state index in [4.69, 9.17) is 6.42 Å². The summed E-state index contributed by atoms with van der Waals surface area (Å²) in [4.78, 5) is 2.45. The lowest BCUT2D eigenvalue weighted by Crippen LogP contribution is -2.28. The summed E-state index contributed by atoms with van der Waals surface area (Å²) in [6.45, 7) is 9.75. The van der Waals surface area contributed by atoms with E-state index in [-0.39, 0.29) is 0 Å². The summed E-state index contributed by atoms with van der Waals surface area (Å²) in [7, 11) is 0. The second-order valence-corrected chi connectivity index (χ2v) is 8.06. The molecule has 1 aromatic rings. The average Bonchev–Trinajstić information content (AvgIpc) is 3.18. The second-order valence-electron chi connectivity index (χ2n) is 8.06. The van der Waals surface area contributed by atoms with Crippen molar-refractivity contribution in [2.24, 2.45) is 0 Å². The lowest BCUT2D eigenvalue weighted by atomic mass is 9.86. The summed E-state index contributed by atoms with van der Waals surface area (Å²) in [5.74, 6) is 2.76. The molecule has 4 rings (SSSR count). The number of benzene rings is 1. The Balaban J connectivity index is 1.54. The third-order valence-electron chi connectivity index (χ3n) is 6.27. The van der Waals surface area contributed by atoms with Crippen molar-refractivity contribution in [3.05, 3.63) is 87.8 Å². The molecule has 2 aliphatic carbocycles. The molecule has 1 nitrogen and oxygen atoms in total. The Bertz CT molecular complexity index is 988. The Morgan fingerprint density at radius 3 is 2.75 bits per heavy atom. The molecule has 1 aromatic carbocycles. The van der Waals surface area contributed by atoms with E-state index in [1.165, 1.54) is 70.5 Å². The lowest BCUT2D eigenvalue weighted by Gasteiger charge is -2.37. The number of allylic oxidation sites excluding steroid dienone is 6. The van der Waals surface area contributed by atoms with Gasteiger partial charge in [0.15, 0.2) is 0 Å². The summed E-state index contributed by atoms with van der Waals surface area (Å²) in [5.41, 5.74) is 11.9. The van der Waals surface area contributed by atoms with Gasteiger partial charge in [-0.1, -0.05) is 43.7 Å². The minimum absolute atomic E-state index is 0.917. The summed E-state index contributed by atoms with van der Waals surface area (Å²) >= 11 is 0. The predicted octanol–water partition coefficient (Wildman–Crippen LogP) is 6.68. The Morgan fingerprint density at radius 2 is 2.00 bits per heavy atom. The van der Waals surface area contributed by atoms with Crippen molar-refractivity contribution in [3.63, 3.8) is 0 Å². The molecule has 142 valence electrons. The topological polar surface area (TPSA) is 3.24 Å². The molecule has 0 saturated heterocycles. The van der Waals surface area contributed by atoms with Crippen LogP contribution in [0.15, 0.2) is 71.1 Å². The molecule has 0 amide bonds. The van der Waals surface area contributed by atoms with Crippen LogP contribution in [0.3, 0.4) is 0 Å². The molecule has 28 heavy (non-hydrogen) atoms. The maximum atomic E-state index is 5.57. The standard InChI is InChI=1S/C27H29N/c1-5-22-13-14-23(15-19(22)3)24-12-11-21(16-24)18-28-20(4)27-10-8-7-9-25(27)17-26(28)6-2/h1,11,13-17H,4,6-10,12,18H2,2-3H3. The van der Waals surface area contributed by atoms with Crippen molar-refractivity contribution in [3.8, 4) is 12.3 Å². The molecule has 0 atom stereocenters. The van der Waals surface area contributed by atoms with Crippen LogP contribution < -0.4 is 0 Å².